The zero-order valence-corrected chi connectivity index (χ0v) is 19.0. The van der Waals surface area contributed by atoms with Gasteiger partial charge in [-0.3, -0.25) is 9.59 Å². The minimum Gasteiger partial charge on any atom is -0.469 e. The van der Waals surface area contributed by atoms with Crippen molar-refractivity contribution in [3.05, 3.63) is 66.2 Å². The summed E-state index contributed by atoms with van der Waals surface area (Å²) in [6.07, 6.45) is 1.11. The monoisotopic (exact) mass is 463 g/mol. The fourth-order valence-corrected chi connectivity index (χ4v) is 5.28. The minimum atomic E-state index is -0.629. The number of hydrogen-bond donors (Lipinski definition) is 1. The van der Waals surface area contributed by atoms with Gasteiger partial charge in [0.05, 0.1) is 36.2 Å². The van der Waals surface area contributed by atoms with Crippen LogP contribution in [-0.4, -0.2) is 33.8 Å². The third-order valence-electron chi connectivity index (χ3n) is 7.02. The van der Waals surface area contributed by atoms with Crippen molar-refractivity contribution in [3.8, 4) is 28.6 Å². The number of fused-ring (bicyclic) bond motifs is 3. The van der Waals surface area contributed by atoms with Gasteiger partial charge in [-0.1, -0.05) is 48.5 Å². The molecule has 2 aromatic heterocycles. The Balaban J connectivity index is 1.44. The molecule has 1 saturated carbocycles. The summed E-state index contributed by atoms with van der Waals surface area (Å²) in [6, 6.07) is 22.0. The molecule has 1 aliphatic heterocycles. The van der Waals surface area contributed by atoms with Crippen LogP contribution in [0, 0.1) is 17.2 Å². The molecule has 8 nitrogen and oxygen atoms in total. The van der Waals surface area contributed by atoms with Gasteiger partial charge >= 0.3 is 5.97 Å². The Hall–Kier alpha value is -4.51. The number of anilines is 1. The lowest BCUT2D eigenvalue weighted by molar-refractivity contribution is -0.155. The molecular formula is C27H21N5O3. The predicted molar refractivity (Wildman–Crippen MR) is 129 cm³/mol. The number of benzene rings is 2. The highest BCUT2D eigenvalue weighted by molar-refractivity contribution is 5.96. The summed E-state index contributed by atoms with van der Waals surface area (Å²) in [5, 5.41) is 18.6. The second-order valence-corrected chi connectivity index (χ2v) is 9.14. The first-order valence-corrected chi connectivity index (χ1v) is 11.4. The standard InChI is InChI=1S/C27H21N5O3/c1-35-26(34)19-12-27(13-19)14-23(33)30-25-20(15-28)24(31-32(25)27)18-8-7-17-9-10-21(29-22(17)11-18)16-5-3-2-4-6-16/h2-11,19H,12-14H2,1H3,(H,30,33). The third-order valence-corrected chi connectivity index (χ3v) is 7.02. The highest BCUT2D eigenvalue weighted by Crippen LogP contribution is 2.51. The van der Waals surface area contributed by atoms with Crippen LogP contribution in [0.15, 0.2) is 60.7 Å². The van der Waals surface area contributed by atoms with E-state index < -0.39 is 5.54 Å². The first kappa shape index (κ1) is 21.1. The lowest BCUT2D eigenvalue weighted by Crippen LogP contribution is -2.54. The fraction of sp³-hybridized carbons (Fsp3) is 0.222. The molecule has 4 aromatic rings. The van der Waals surface area contributed by atoms with Crippen molar-refractivity contribution in [1.82, 2.24) is 14.8 Å². The number of rotatable bonds is 3. The van der Waals surface area contributed by atoms with E-state index in [1.54, 1.807) is 4.68 Å². The Kier molecular flexibility index (Phi) is 4.68. The molecule has 0 unspecified atom stereocenters. The predicted octanol–water partition coefficient (Wildman–Crippen LogP) is 4.26. The van der Waals surface area contributed by atoms with Crippen LogP contribution in [0.25, 0.3) is 33.4 Å². The Labute approximate surface area is 201 Å². The summed E-state index contributed by atoms with van der Waals surface area (Å²) in [5.74, 6) is -0.367. The molecule has 1 fully saturated rings. The van der Waals surface area contributed by atoms with E-state index in [0.717, 1.165) is 27.7 Å². The summed E-state index contributed by atoms with van der Waals surface area (Å²) < 4.78 is 6.61. The molecule has 1 amide bonds. The number of pyridine rings is 1. The molecule has 0 atom stereocenters. The van der Waals surface area contributed by atoms with Gasteiger partial charge < -0.3 is 10.1 Å². The smallest absolute Gasteiger partial charge is 0.308 e. The van der Waals surface area contributed by atoms with Gasteiger partial charge in [0.25, 0.3) is 0 Å². The van der Waals surface area contributed by atoms with Crippen LogP contribution in [0.4, 0.5) is 5.82 Å². The number of methoxy groups -OCH3 is 1. The van der Waals surface area contributed by atoms with E-state index in [1.807, 2.05) is 60.7 Å². The molecule has 6 rings (SSSR count). The molecule has 0 saturated heterocycles. The molecule has 35 heavy (non-hydrogen) atoms. The van der Waals surface area contributed by atoms with E-state index in [9.17, 15) is 14.9 Å². The summed E-state index contributed by atoms with van der Waals surface area (Å²) in [5.41, 5.74) is 3.56. The quantitative estimate of drug-likeness (QED) is 0.455. The van der Waals surface area contributed by atoms with Gasteiger partial charge in [-0.2, -0.15) is 10.4 Å². The maximum atomic E-state index is 12.6. The topological polar surface area (TPSA) is 110 Å². The van der Waals surface area contributed by atoms with E-state index in [4.69, 9.17) is 14.8 Å². The van der Waals surface area contributed by atoms with E-state index >= 15 is 0 Å². The van der Waals surface area contributed by atoms with Gasteiger partial charge in [0.2, 0.25) is 5.91 Å². The van der Waals surface area contributed by atoms with Crippen molar-refractivity contribution in [3.63, 3.8) is 0 Å². The first-order valence-electron chi connectivity index (χ1n) is 11.4. The average molecular weight is 463 g/mol. The number of aromatic nitrogens is 3. The Morgan fingerprint density at radius 1 is 1.14 bits per heavy atom. The number of ether oxygens (including phenoxy) is 1. The van der Waals surface area contributed by atoms with Gasteiger partial charge in [0.1, 0.15) is 23.1 Å². The maximum Gasteiger partial charge on any atom is 0.308 e. The molecule has 1 N–H and O–H groups in total. The zero-order chi connectivity index (χ0) is 24.2. The van der Waals surface area contributed by atoms with Crippen molar-refractivity contribution < 1.29 is 14.3 Å². The second kappa shape index (κ2) is 7.77. The SMILES string of the molecule is COC(=O)C1CC2(CC(=O)Nc3c(C#N)c(-c4ccc5ccc(-c6ccccc6)nc5c4)nn32)C1. The van der Waals surface area contributed by atoms with Gasteiger partial charge in [-0.05, 0) is 25.0 Å². The Morgan fingerprint density at radius 3 is 2.66 bits per heavy atom. The fourth-order valence-electron chi connectivity index (χ4n) is 5.28. The van der Waals surface area contributed by atoms with E-state index in [2.05, 4.69) is 11.4 Å². The molecule has 8 heteroatoms. The number of carbonyl (C=O) groups is 2. The molecular weight excluding hydrogens is 442 g/mol. The van der Waals surface area contributed by atoms with Crippen LogP contribution < -0.4 is 5.32 Å². The molecule has 2 aliphatic rings. The highest BCUT2D eigenvalue weighted by atomic mass is 16.5. The van der Waals surface area contributed by atoms with Crippen molar-refractivity contribution in [1.29, 1.82) is 5.26 Å². The lowest BCUT2D eigenvalue weighted by Gasteiger charge is -2.48. The Morgan fingerprint density at radius 2 is 1.91 bits per heavy atom. The maximum absolute atomic E-state index is 12.6. The second-order valence-electron chi connectivity index (χ2n) is 9.14. The van der Waals surface area contributed by atoms with Gasteiger partial charge in [-0.25, -0.2) is 9.67 Å². The number of esters is 1. The molecule has 1 spiro atoms. The van der Waals surface area contributed by atoms with Crippen molar-refractivity contribution in [2.75, 3.05) is 12.4 Å². The van der Waals surface area contributed by atoms with Gasteiger partial charge in [0, 0.05) is 16.5 Å². The normalized spacial score (nSPS) is 20.6. The number of nitrogens with zero attached hydrogens (tertiary/aromatic N) is 4. The van der Waals surface area contributed by atoms with Crippen molar-refractivity contribution in [2.24, 2.45) is 5.92 Å². The summed E-state index contributed by atoms with van der Waals surface area (Å²) in [4.78, 5) is 29.4. The Bertz CT molecular complexity index is 1540. The van der Waals surface area contributed by atoms with Crippen molar-refractivity contribution >= 4 is 28.6 Å². The molecule has 0 radical (unpaired) electrons. The molecule has 3 heterocycles. The molecule has 1 aliphatic carbocycles. The highest BCUT2D eigenvalue weighted by Gasteiger charge is 2.54. The van der Waals surface area contributed by atoms with Crippen LogP contribution in [0.5, 0.6) is 0 Å². The lowest BCUT2D eigenvalue weighted by atomic mass is 9.66. The largest absolute Gasteiger partial charge is 0.469 e. The average Bonchev–Trinajstić information content (AvgIpc) is 3.24. The van der Waals surface area contributed by atoms with Crippen LogP contribution in [0.2, 0.25) is 0 Å². The van der Waals surface area contributed by atoms with Crippen LogP contribution in [0.3, 0.4) is 0 Å². The molecule has 172 valence electrons. The number of carbonyl (C=O) groups excluding carboxylic acids is 2. The van der Waals surface area contributed by atoms with Crippen LogP contribution in [0.1, 0.15) is 24.8 Å². The minimum absolute atomic E-state index is 0.184. The van der Waals surface area contributed by atoms with Crippen LogP contribution in [-0.2, 0) is 19.9 Å². The van der Waals surface area contributed by atoms with E-state index in [0.29, 0.717) is 29.9 Å². The number of amides is 1. The zero-order valence-electron chi connectivity index (χ0n) is 19.0. The number of hydrogen-bond acceptors (Lipinski definition) is 6. The van der Waals surface area contributed by atoms with Gasteiger partial charge in [-0.15, -0.1) is 0 Å². The third kappa shape index (κ3) is 3.28. The van der Waals surface area contributed by atoms with E-state index in [-0.39, 0.29) is 24.2 Å². The van der Waals surface area contributed by atoms with Gasteiger partial charge in [0.15, 0.2) is 0 Å². The first-order chi connectivity index (χ1) is 17.0. The number of nitrogens with one attached hydrogen (secondary N) is 1. The molecule has 2 aromatic carbocycles. The summed E-state index contributed by atoms with van der Waals surface area (Å²) in [6.45, 7) is 0. The van der Waals surface area contributed by atoms with Crippen LogP contribution >= 0.6 is 0 Å². The van der Waals surface area contributed by atoms with Crippen molar-refractivity contribution in [2.45, 2.75) is 24.8 Å². The summed E-state index contributed by atoms with van der Waals surface area (Å²) >= 11 is 0. The number of nitriles is 1. The summed E-state index contributed by atoms with van der Waals surface area (Å²) in [7, 11) is 1.36. The van der Waals surface area contributed by atoms with E-state index in [1.165, 1.54) is 7.11 Å². The molecule has 0 bridgehead atoms.